The lowest BCUT2D eigenvalue weighted by molar-refractivity contribution is 0.1000. The largest absolute Gasteiger partial charge is 0.366 e. The zero-order valence-corrected chi connectivity index (χ0v) is 19.8. The Kier molecular flexibility index (Phi) is 9.03. The Labute approximate surface area is 162 Å². The second-order valence-electron chi connectivity index (χ2n) is 7.74. The molecule has 0 atom stereocenters. The SMILES string of the molecule is CC[Si](CC)(CC)CN(C[Si](CC)(CC)CC)c1cc(C(N)=O)ccn1. The van der Waals surface area contributed by atoms with Gasteiger partial charge in [0.15, 0.2) is 0 Å². The van der Waals surface area contributed by atoms with E-state index in [2.05, 4.69) is 51.4 Å². The lowest BCUT2D eigenvalue weighted by Crippen LogP contribution is -2.53. The Morgan fingerprint density at radius 1 is 0.923 bits per heavy atom. The van der Waals surface area contributed by atoms with Crippen molar-refractivity contribution in [2.75, 3.05) is 17.2 Å². The van der Waals surface area contributed by atoms with Crippen LogP contribution in [-0.2, 0) is 0 Å². The van der Waals surface area contributed by atoms with Crippen LogP contribution in [0.3, 0.4) is 0 Å². The van der Waals surface area contributed by atoms with Crippen LogP contribution in [0.2, 0.25) is 36.3 Å². The first-order valence-electron chi connectivity index (χ1n) is 10.4. The van der Waals surface area contributed by atoms with Crippen LogP contribution in [0.5, 0.6) is 0 Å². The van der Waals surface area contributed by atoms with Gasteiger partial charge in [0, 0.05) is 24.1 Å². The molecule has 0 aromatic carbocycles. The van der Waals surface area contributed by atoms with Gasteiger partial charge in [-0.25, -0.2) is 4.98 Å². The van der Waals surface area contributed by atoms with Crippen LogP contribution in [0.4, 0.5) is 5.82 Å². The van der Waals surface area contributed by atoms with Crippen LogP contribution in [-0.4, -0.2) is 39.4 Å². The highest BCUT2D eigenvalue weighted by atomic mass is 28.3. The summed E-state index contributed by atoms with van der Waals surface area (Å²) in [5.41, 5.74) is 6.09. The number of primary amides is 1. The van der Waals surface area contributed by atoms with Crippen molar-refractivity contribution in [2.24, 2.45) is 5.73 Å². The average Bonchev–Trinajstić information content (AvgIpc) is 2.69. The number of nitrogens with zero attached hydrogens (tertiary/aromatic N) is 2. The van der Waals surface area contributed by atoms with Crippen LogP contribution >= 0.6 is 0 Å². The Morgan fingerprint density at radius 2 is 1.35 bits per heavy atom. The van der Waals surface area contributed by atoms with Gasteiger partial charge in [-0.15, -0.1) is 0 Å². The van der Waals surface area contributed by atoms with Crippen molar-refractivity contribution in [1.82, 2.24) is 4.98 Å². The first-order chi connectivity index (χ1) is 12.3. The van der Waals surface area contributed by atoms with E-state index in [1.807, 2.05) is 6.07 Å². The summed E-state index contributed by atoms with van der Waals surface area (Å²) >= 11 is 0. The molecule has 0 aliphatic carbocycles. The summed E-state index contributed by atoms with van der Waals surface area (Å²) in [6.07, 6.45) is 4.02. The maximum absolute atomic E-state index is 11.7. The minimum atomic E-state index is -1.35. The first-order valence-corrected chi connectivity index (χ1v) is 16.0. The van der Waals surface area contributed by atoms with Gasteiger partial charge in [-0.05, 0) is 12.1 Å². The fourth-order valence-electron chi connectivity index (χ4n) is 3.94. The molecule has 1 amide bonds. The normalized spacial score (nSPS) is 12.2. The predicted octanol–water partition coefficient (Wildman–Crippen LogP) is 5.08. The number of carbonyl (C=O) groups excluding carboxylic acids is 1. The third-order valence-corrected chi connectivity index (χ3v) is 18.0. The Morgan fingerprint density at radius 3 is 1.69 bits per heavy atom. The highest BCUT2D eigenvalue weighted by Crippen LogP contribution is 2.28. The smallest absolute Gasteiger partial charge is 0.248 e. The van der Waals surface area contributed by atoms with Crippen LogP contribution in [0.25, 0.3) is 0 Å². The third kappa shape index (κ3) is 5.43. The molecule has 0 unspecified atom stereocenters. The molecule has 26 heavy (non-hydrogen) atoms. The summed E-state index contributed by atoms with van der Waals surface area (Å²) < 4.78 is 0. The van der Waals surface area contributed by atoms with E-state index in [4.69, 9.17) is 5.73 Å². The second kappa shape index (κ2) is 10.3. The number of pyridine rings is 1. The van der Waals surface area contributed by atoms with Gasteiger partial charge in [-0.2, -0.15) is 0 Å². The molecule has 6 heteroatoms. The van der Waals surface area contributed by atoms with E-state index in [9.17, 15) is 4.79 Å². The van der Waals surface area contributed by atoms with E-state index in [-0.39, 0.29) is 5.91 Å². The summed E-state index contributed by atoms with van der Waals surface area (Å²) in [4.78, 5) is 18.9. The standard InChI is InChI=1S/C20H39N3OSi2/c1-7-25(8-2,9-3)16-23(17-26(10-4,11-5)12-6)19-15-18(20(21)24)13-14-22-19/h13-15H,7-12,16-17H2,1-6H3,(H2,21,24). The molecule has 1 heterocycles. The van der Waals surface area contributed by atoms with E-state index in [1.54, 1.807) is 12.3 Å². The summed E-state index contributed by atoms with van der Waals surface area (Å²) in [5.74, 6) is 0.573. The predicted molar refractivity (Wildman–Crippen MR) is 119 cm³/mol. The number of carbonyl (C=O) groups is 1. The molecular weight excluding hydrogens is 354 g/mol. The van der Waals surface area contributed by atoms with Crippen molar-refractivity contribution >= 4 is 27.9 Å². The fraction of sp³-hybridized carbons (Fsp3) is 0.700. The van der Waals surface area contributed by atoms with Crippen LogP contribution < -0.4 is 10.6 Å². The number of amides is 1. The molecule has 0 aliphatic heterocycles. The van der Waals surface area contributed by atoms with Gasteiger partial charge in [0.1, 0.15) is 5.82 Å². The molecule has 1 aromatic heterocycles. The van der Waals surface area contributed by atoms with Crippen LogP contribution in [0.15, 0.2) is 18.3 Å². The van der Waals surface area contributed by atoms with Gasteiger partial charge >= 0.3 is 0 Å². The summed E-state index contributed by atoms with van der Waals surface area (Å²) in [7, 11) is -2.71. The van der Waals surface area contributed by atoms with Gasteiger partial charge in [0.05, 0.1) is 16.1 Å². The molecule has 0 fully saturated rings. The van der Waals surface area contributed by atoms with Crippen molar-refractivity contribution in [3.8, 4) is 0 Å². The lowest BCUT2D eigenvalue weighted by atomic mass is 10.2. The number of nitrogens with two attached hydrogens (primary N) is 1. The quantitative estimate of drug-likeness (QED) is 0.504. The number of hydrogen-bond acceptors (Lipinski definition) is 3. The minimum absolute atomic E-state index is 0.372. The van der Waals surface area contributed by atoms with Crippen LogP contribution in [0, 0.1) is 0 Å². The molecule has 0 radical (unpaired) electrons. The maximum Gasteiger partial charge on any atom is 0.248 e. The van der Waals surface area contributed by atoms with E-state index in [1.165, 1.54) is 36.3 Å². The molecule has 0 saturated heterocycles. The Balaban J connectivity index is 3.33. The highest BCUT2D eigenvalue weighted by molar-refractivity contribution is 6.82. The van der Waals surface area contributed by atoms with Crippen molar-refractivity contribution in [2.45, 2.75) is 77.8 Å². The summed E-state index contributed by atoms with van der Waals surface area (Å²) in [6.45, 7) is 14.1. The van der Waals surface area contributed by atoms with Gasteiger partial charge in [0.2, 0.25) is 5.91 Å². The van der Waals surface area contributed by atoms with E-state index in [0.717, 1.165) is 18.2 Å². The van der Waals surface area contributed by atoms with Crippen molar-refractivity contribution < 1.29 is 4.79 Å². The third-order valence-electron chi connectivity index (χ3n) is 6.91. The first kappa shape index (κ1) is 22.9. The number of hydrogen-bond donors (Lipinski definition) is 1. The summed E-state index contributed by atoms with van der Waals surface area (Å²) in [5, 5.41) is 0. The monoisotopic (exact) mass is 393 g/mol. The van der Waals surface area contributed by atoms with E-state index < -0.39 is 16.1 Å². The van der Waals surface area contributed by atoms with Gasteiger partial charge < -0.3 is 10.6 Å². The Hall–Kier alpha value is -1.15. The molecule has 0 spiro atoms. The second-order valence-corrected chi connectivity index (χ2v) is 18.6. The van der Waals surface area contributed by atoms with Gasteiger partial charge in [-0.1, -0.05) is 77.8 Å². The maximum atomic E-state index is 11.7. The van der Waals surface area contributed by atoms with Crippen molar-refractivity contribution in [3.05, 3.63) is 23.9 Å². The molecule has 2 N–H and O–H groups in total. The fourth-order valence-corrected chi connectivity index (χ4v) is 10.7. The van der Waals surface area contributed by atoms with Crippen molar-refractivity contribution in [1.29, 1.82) is 0 Å². The number of aromatic nitrogens is 1. The zero-order valence-electron chi connectivity index (χ0n) is 17.8. The molecule has 0 bridgehead atoms. The number of anilines is 1. The Bertz CT molecular complexity index is 533. The molecule has 4 nitrogen and oxygen atoms in total. The molecule has 0 saturated carbocycles. The van der Waals surface area contributed by atoms with Gasteiger partial charge in [0.25, 0.3) is 0 Å². The van der Waals surface area contributed by atoms with E-state index >= 15 is 0 Å². The topological polar surface area (TPSA) is 59.2 Å². The van der Waals surface area contributed by atoms with Crippen molar-refractivity contribution in [3.63, 3.8) is 0 Å². The zero-order chi connectivity index (χ0) is 19.8. The molecule has 1 aromatic rings. The van der Waals surface area contributed by atoms with Crippen LogP contribution in [0.1, 0.15) is 51.9 Å². The minimum Gasteiger partial charge on any atom is -0.366 e. The summed E-state index contributed by atoms with van der Waals surface area (Å²) in [6, 6.07) is 11.4. The molecular formula is C20H39N3OSi2. The molecule has 0 aliphatic rings. The lowest BCUT2D eigenvalue weighted by Gasteiger charge is -2.41. The average molecular weight is 394 g/mol. The van der Waals surface area contributed by atoms with Gasteiger partial charge in [-0.3, -0.25) is 4.79 Å². The molecule has 148 valence electrons. The number of rotatable bonds is 12. The van der Waals surface area contributed by atoms with E-state index in [0.29, 0.717) is 5.56 Å². The molecule has 1 rings (SSSR count). The highest BCUT2D eigenvalue weighted by Gasteiger charge is 2.35.